The number of nitrogens with two attached hydrogens (primary N) is 1. The molecule has 0 unspecified atom stereocenters. The first-order chi connectivity index (χ1) is 11.1. The molecule has 124 valence electrons. The van der Waals surface area contributed by atoms with Gasteiger partial charge in [-0.05, 0) is 24.3 Å². The van der Waals surface area contributed by atoms with Crippen LogP contribution >= 0.6 is 27.7 Å². The van der Waals surface area contributed by atoms with E-state index in [4.69, 9.17) is 16.2 Å². The van der Waals surface area contributed by atoms with E-state index in [9.17, 15) is 0 Å². The van der Waals surface area contributed by atoms with Crippen LogP contribution in [0.3, 0.4) is 0 Å². The molecule has 3 aromatic rings. The minimum atomic E-state index is 0. The van der Waals surface area contributed by atoms with Crippen molar-refractivity contribution in [1.82, 2.24) is 9.78 Å². The molecule has 0 amide bonds. The molecular weight excluding hydrogens is 408 g/mol. The molecule has 0 radical (unpaired) electrons. The Hall–Kier alpha value is -1.76. The van der Waals surface area contributed by atoms with Crippen molar-refractivity contribution in [1.29, 1.82) is 5.41 Å². The summed E-state index contributed by atoms with van der Waals surface area (Å²) in [5.41, 5.74) is 9.48. The summed E-state index contributed by atoms with van der Waals surface area (Å²) in [5, 5.41) is 12.3. The van der Waals surface area contributed by atoms with Gasteiger partial charge in [0.05, 0.1) is 11.4 Å². The molecule has 0 aliphatic rings. The standard InChI is InChI=1S/C17H15BrN4S.ClH/c18-14-6-4-5-12(9-14)16-13(11-23-17(19)20)10-22(21-16)15-7-2-1-3-8-15;/h1-10H,11H2,(H3,19,20);1H/p-1. The van der Waals surface area contributed by atoms with Gasteiger partial charge in [-0.1, -0.05) is 58.0 Å². The number of nitrogens with one attached hydrogen (secondary N) is 1. The molecule has 3 rings (SSSR count). The van der Waals surface area contributed by atoms with Gasteiger partial charge in [-0.2, -0.15) is 5.10 Å². The predicted octanol–water partition coefficient (Wildman–Crippen LogP) is 1.43. The average Bonchev–Trinajstić information content (AvgIpc) is 2.98. The number of thioether (sulfide) groups is 1. The molecule has 7 heteroatoms. The molecule has 0 spiro atoms. The summed E-state index contributed by atoms with van der Waals surface area (Å²) >= 11 is 4.81. The molecule has 0 saturated heterocycles. The zero-order valence-corrected chi connectivity index (χ0v) is 15.8. The summed E-state index contributed by atoms with van der Waals surface area (Å²) < 4.78 is 2.88. The second-order valence-corrected chi connectivity index (χ2v) is 6.88. The highest BCUT2D eigenvalue weighted by Crippen LogP contribution is 2.28. The zero-order chi connectivity index (χ0) is 16.2. The number of benzene rings is 2. The van der Waals surface area contributed by atoms with Crippen LogP contribution in [0.2, 0.25) is 0 Å². The normalized spacial score (nSPS) is 10.2. The number of hydrogen-bond donors (Lipinski definition) is 2. The van der Waals surface area contributed by atoms with E-state index in [0.29, 0.717) is 5.75 Å². The summed E-state index contributed by atoms with van der Waals surface area (Å²) in [5.74, 6) is 0.615. The van der Waals surface area contributed by atoms with E-state index in [-0.39, 0.29) is 17.6 Å². The van der Waals surface area contributed by atoms with Crippen molar-refractivity contribution >= 4 is 32.9 Å². The van der Waals surface area contributed by atoms with Gasteiger partial charge in [0.25, 0.3) is 0 Å². The Morgan fingerprint density at radius 1 is 1.17 bits per heavy atom. The van der Waals surface area contributed by atoms with Crippen molar-refractivity contribution in [2.45, 2.75) is 5.75 Å². The molecule has 4 nitrogen and oxygen atoms in total. The second kappa shape index (κ2) is 8.37. The first-order valence-electron chi connectivity index (χ1n) is 7.00. The lowest BCUT2D eigenvalue weighted by molar-refractivity contribution is -0.00000479. The second-order valence-electron chi connectivity index (χ2n) is 4.95. The first kappa shape index (κ1) is 18.6. The number of para-hydroxylation sites is 1. The molecule has 0 aliphatic carbocycles. The van der Waals surface area contributed by atoms with Crippen molar-refractivity contribution in [3.05, 3.63) is 70.8 Å². The maximum Gasteiger partial charge on any atom is 0.151 e. The summed E-state index contributed by atoms with van der Waals surface area (Å²) in [7, 11) is 0. The Morgan fingerprint density at radius 2 is 1.92 bits per heavy atom. The van der Waals surface area contributed by atoms with Crippen LogP contribution in [0.15, 0.2) is 65.3 Å². The van der Waals surface area contributed by atoms with Gasteiger partial charge in [0.15, 0.2) is 5.17 Å². The van der Waals surface area contributed by atoms with Gasteiger partial charge in [0.1, 0.15) is 0 Å². The van der Waals surface area contributed by atoms with E-state index in [1.54, 1.807) is 0 Å². The van der Waals surface area contributed by atoms with E-state index in [0.717, 1.165) is 27.0 Å². The van der Waals surface area contributed by atoms with Crippen LogP contribution in [-0.2, 0) is 5.75 Å². The van der Waals surface area contributed by atoms with Crippen LogP contribution in [0.25, 0.3) is 16.9 Å². The molecule has 3 N–H and O–H groups in total. The maximum absolute atomic E-state index is 7.43. The van der Waals surface area contributed by atoms with Gasteiger partial charge in [-0.25, -0.2) is 4.68 Å². The number of nitrogens with zero attached hydrogens (tertiary/aromatic N) is 2. The lowest BCUT2D eigenvalue weighted by Crippen LogP contribution is -3.00. The quantitative estimate of drug-likeness (QED) is 0.494. The Balaban J connectivity index is 0.00000208. The molecule has 1 heterocycles. The summed E-state index contributed by atoms with van der Waals surface area (Å²) in [6, 6.07) is 18.0. The zero-order valence-electron chi connectivity index (χ0n) is 12.6. The Morgan fingerprint density at radius 3 is 2.58 bits per heavy atom. The van der Waals surface area contributed by atoms with E-state index >= 15 is 0 Å². The molecule has 0 aliphatic heterocycles. The number of aromatic nitrogens is 2. The van der Waals surface area contributed by atoms with Gasteiger partial charge in [0.2, 0.25) is 0 Å². The molecule has 0 bridgehead atoms. The van der Waals surface area contributed by atoms with Crippen LogP contribution < -0.4 is 18.1 Å². The third-order valence-corrected chi connectivity index (χ3v) is 4.55. The highest BCUT2D eigenvalue weighted by Gasteiger charge is 2.13. The smallest absolute Gasteiger partial charge is 0.151 e. The fourth-order valence-corrected chi connectivity index (χ4v) is 3.18. The molecular formula is C17H15BrClN4S-. The van der Waals surface area contributed by atoms with E-state index in [1.807, 2.05) is 65.5 Å². The van der Waals surface area contributed by atoms with Crippen LogP contribution in [-0.4, -0.2) is 14.9 Å². The largest absolute Gasteiger partial charge is 1.00 e. The fraction of sp³-hybridized carbons (Fsp3) is 0.0588. The average molecular weight is 423 g/mol. The summed E-state index contributed by atoms with van der Waals surface area (Å²) in [6.45, 7) is 0. The van der Waals surface area contributed by atoms with Gasteiger partial charge in [-0.15, -0.1) is 0 Å². The first-order valence-corrected chi connectivity index (χ1v) is 8.78. The fourth-order valence-electron chi connectivity index (χ4n) is 2.26. The summed E-state index contributed by atoms with van der Waals surface area (Å²) in [6.07, 6.45) is 2.00. The maximum atomic E-state index is 7.43. The third kappa shape index (κ3) is 4.41. The number of hydrogen-bond acceptors (Lipinski definition) is 3. The molecule has 1 aromatic heterocycles. The Kier molecular flexibility index (Phi) is 6.48. The lowest BCUT2D eigenvalue weighted by atomic mass is 10.1. The van der Waals surface area contributed by atoms with Gasteiger partial charge < -0.3 is 18.1 Å². The van der Waals surface area contributed by atoms with Crippen molar-refractivity contribution in [2.75, 3.05) is 0 Å². The minimum Gasteiger partial charge on any atom is -1.00 e. The van der Waals surface area contributed by atoms with E-state index in [2.05, 4.69) is 15.9 Å². The topological polar surface area (TPSA) is 67.7 Å². The van der Waals surface area contributed by atoms with Crippen LogP contribution in [0, 0.1) is 5.41 Å². The summed E-state index contributed by atoms with van der Waals surface area (Å²) in [4.78, 5) is 0. The SMILES string of the molecule is N=C(N)SCc1cn(-c2ccccc2)nc1-c1cccc(Br)c1.[Cl-]. The van der Waals surface area contributed by atoms with Crippen molar-refractivity contribution in [2.24, 2.45) is 5.73 Å². The minimum absolute atomic E-state index is 0. The van der Waals surface area contributed by atoms with Gasteiger partial charge >= 0.3 is 0 Å². The third-order valence-electron chi connectivity index (χ3n) is 3.29. The molecule has 0 fully saturated rings. The lowest BCUT2D eigenvalue weighted by Gasteiger charge is -2.02. The predicted molar refractivity (Wildman–Crippen MR) is 99.9 cm³/mol. The number of rotatable bonds is 4. The molecule has 24 heavy (non-hydrogen) atoms. The highest BCUT2D eigenvalue weighted by atomic mass is 79.9. The Labute approximate surface area is 159 Å². The van der Waals surface area contributed by atoms with Gasteiger partial charge in [-0.3, -0.25) is 5.41 Å². The van der Waals surface area contributed by atoms with Crippen LogP contribution in [0.5, 0.6) is 0 Å². The number of amidine groups is 1. The van der Waals surface area contributed by atoms with Gasteiger partial charge in [0, 0.05) is 27.5 Å². The van der Waals surface area contributed by atoms with Crippen molar-refractivity contribution in [3.8, 4) is 16.9 Å². The molecule has 2 aromatic carbocycles. The highest BCUT2D eigenvalue weighted by molar-refractivity contribution is 9.10. The van der Waals surface area contributed by atoms with Crippen LogP contribution in [0.1, 0.15) is 5.56 Å². The van der Waals surface area contributed by atoms with E-state index < -0.39 is 0 Å². The Bertz CT molecular complexity index is 836. The van der Waals surface area contributed by atoms with Crippen molar-refractivity contribution in [3.63, 3.8) is 0 Å². The molecule has 0 atom stereocenters. The molecule has 0 saturated carbocycles. The monoisotopic (exact) mass is 421 g/mol. The van der Waals surface area contributed by atoms with Crippen LogP contribution in [0.4, 0.5) is 0 Å². The number of halogens is 2. The van der Waals surface area contributed by atoms with Crippen molar-refractivity contribution < 1.29 is 12.4 Å². The van der Waals surface area contributed by atoms with E-state index in [1.165, 1.54) is 11.8 Å².